The quantitative estimate of drug-likeness (QED) is 0.793. The molecule has 0 N–H and O–H groups in total. The molecule has 21 heavy (non-hydrogen) atoms. The highest BCUT2D eigenvalue weighted by Gasteiger charge is 2.39. The average molecular weight is 318 g/mol. The molecule has 0 radical (unpaired) electrons. The molecule has 0 spiro atoms. The van der Waals surface area contributed by atoms with Crippen molar-refractivity contribution in [3.63, 3.8) is 0 Å². The third-order valence-corrected chi connectivity index (χ3v) is 4.26. The molecule has 0 saturated carbocycles. The number of hydrogen-bond acceptors (Lipinski definition) is 6. The second-order valence-electron chi connectivity index (χ2n) is 4.69. The Labute approximate surface area is 128 Å². The lowest BCUT2D eigenvalue weighted by Gasteiger charge is -2.42. The lowest BCUT2D eigenvalue weighted by Crippen LogP contribution is -2.59. The zero-order valence-electron chi connectivity index (χ0n) is 12.8. The van der Waals surface area contributed by atoms with Crippen LogP contribution in [0.15, 0.2) is 0 Å². The van der Waals surface area contributed by atoms with Gasteiger partial charge in [0.15, 0.2) is 5.12 Å². The maximum Gasteiger partial charge on any atom is 0.428 e. The smallest absolute Gasteiger partial charge is 0.428 e. The van der Waals surface area contributed by atoms with Crippen molar-refractivity contribution in [2.45, 2.75) is 32.9 Å². The Morgan fingerprint density at radius 3 is 1.95 bits per heavy atom. The third-order valence-electron chi connectivity index (χ3n) is 3.01. The van der Waals surface area contributed by atoms with Crippen LogP contribution in [0.25, 0.3) is 0 Å². The Morgan fingerprint density at radius 2 is 1.52 bits per heavy atom. The SMILES string of the molecule is CCOC(=O)N1CC(C)C(SC(C)=O)CN1C(=O)OCC. The normalized spacial score (nSPS) is 21.9. The van der Waals surface area contributed by atoms with Gasteiger partial charge in [0.1, 0.15) is 0 Å². The Hall–Kier alpha value is -1.44. The summed E-state index contributed by atoms with van der Waals surface area (Å²) in [4.78, 5) is 35.3. The van der Waals surface area contributed by atoms with Crippen molar-refractivity contribution in [2.75, 3.05) is 26.3 Å². The number of carbonyl (C=O) groups excluding carboxylic acids is 3. The van der Waals surface area contributed by atoms with Crippen molar-refractivity contribution >= 4 is 29.1 Å². The van der Waals surface area contributed by atoms with Gasteiger partial charge in [0.25, 0.3) is 0 Å². The number of nitrogens with zero attached hydrogens (tertiary/aromatic N) is 2. The molecule has 2 unspecified atom stereocenters. The zero-order chi connectivity index (χ0) is 16.0. The molecule has 0 aromatic heterocycles. The lowest BCUT2D eigenvalue weighted by atomic mass is 10.1. The van der Waals surface area contributed by atoms with Crippen LogP contribution in [0.5, 0.6) is 0 Å². The summed E-state index contributed by atoms with van der Waals surface area (Å²) in [6.45, 7) is 7.82. The van der Waals surface area contributed by atoms with Gasteiger partial charge in [-0.15, -0.1) is 0 Å². The molecule has 1 heterocycles. The standard InChI is InChI=1S/C13H22N2O5S/c1-5-19-12(17)14-7-9(3)11(21-10(4)16)8-15(14)13(18)20-6-2/h9,11H,5-8H2,1-4H3. The van der Waals surface area contributed by atoms with Crippen LogP contribution < -0.4 is 0 Å². The number of hydrogen-bond donors (Lipinski definition) is 0. The molecule has 0 aromatic rings. The fourth-order valence-electron chi connectivity index (χ4n) is 2.05. The van der Waals surface area contributed by atoms with Crippen LogP contribution in [0.1, 0.15) is 27.7 Å². The first kappa shape index (κ1) is 17.6. The summed E-state index contributed by atoms with van der Waals surface area (Å²) >= 11 is 1.18. The number of thioether (sulfide) groups is 1. The molecule has 1 rings (SSSR count). The first-order valence-corrected chi connectivity index (χ1v) is 7.84. The van der Waals surface area contributed by atoms with E-state index in [9.17, 15) is 14.4 Å². The number of amides is 2. The van der Waals surface area contributed by atoms with Crippen LogP contribution in [-0.2, 0) is 14.3 Å². The molecule has 1 aliphatic rings. The summed E-state index contributed by atoms with van der Waals surface area (Å²) in [7, 11) is 0. The van der Waals surface area contributed by atoms with E-state index in [0.29, 0.717) is 6.54 Å². The van der Waals surface area contributed by atoms with Crippen molar-refractivity contribution in [3.8, 4) is 0 Å². The summed E-state index contributed by atoms with van der Waals surface area (Å²) in [6.07, 6.45) is -1.18. The first-order valence-electron chi connectivity index (χ1n) is 6.96. The predicted octanol–water partition coefficient (Wildman–Crippen LogP) is 2.12. The van der Waals surface area contributed by atoms with Gasteiger partial charge in [0.2, 0.25) is 0 Å². The van der Waals surface area contributed by atoms with Gasteiger partial charge >= 0.3 is 12.2 Å². The Kier molecular flexibility index (Phi) is 6.80. The highest BCUT2D eigenvalue weighted by Crippen LogP contribution is 2.28. The molecule has 1 aliphatic heterocycles. The van der Waals surface area contributed by atoms with E-state index in [0.717, 1.165) is 0 Å². The molecule has 120 valence electrons. The van der Waals surface area contributed by atoms with Gasteiger partial charge in [-0.25, -0.2) is 19.6 Å². The number of carbonyl (C=O) groups is 3. The molecular weight excluding hydrogens is 296 g/mol. The molecule has 2 atom stereocenters. The highest BCUT2D eigenvalue weighted by molar-refractivity contribution is 8.14. The molecule has 1 fully saturated rings. The summed E-state index contributed by atoms with van der Waals surface area (Å²) in [5.41, 5.74) is 0. The minimum Gasteiger partial charge on any atom is -0.448 e. The van der Waals surface area contributed by atoms with Crippen molar-refractivity contribution in [2.24, 2.45) is 5.92 Å². The van der Waals surface area contributed by atoms with Crippen molar-refractivity contribution in [3.05, 3.63) is 0 Å². The Morgan fingerprint density at radius 1 is 1.05 bits per heavy atom. The van der Waals surface area contributed by atoms with E-state index in [1.54, 1.807) is 13.8 Å². The van der Waals surface area contributed by atoms with Crippen LogP contribution in [0.3, 0.4) is 0 Å². The van der Waals surface area contributed by atoms with Gasteiger partial charge in [-0.2, -0.15) is 0 Å². The number of hydrazine groups is 1. The van der Waals surface area contributed by atoms with Gasteiger partial charge < -0.3 is 9.47 Å². The summed E-state index contributed by atoms with van der Waals surface area (Å²) in [5, 5.41) is 2.39. The molecule has 1 saturated heterocycles. The van der Waals surface area contributed by atoms with E-state index < -0.39 is 12.2 Å². The summed E-state index contributed by atoms with van der Waals surface area (Å²) in [6, 6.07) is 0. The van der Waals surface area contributed by atoms with Crippen LogP contribution in [0.4, 0.5) is 9.59 Å². The third kappa shape index (κ3) is 4.80. The first-order chi connectivity index (χ1) is 9.90. The van der Waals surface area contributed by atoms with E-state index in [1.807, 2.05) is 6.92 Å². The minimum absolute atomic E-state index is 0.0137. The molecular formula is C13H22N2O5S. The van der Waals surface area contributed by atoms with Gasteiger partial charge in [0, 0.05) is 18.7 Å². The monoisotopic (exact) mass is 318 g/mol. The van der Waals surface area contributed by atoms with E-state index in [-0.39, 0.29) is 36.0 Å². The molecule has 0 aliphatic carbocycles. The van der Waals surface area contributed by atoms with Gasteiger partial charge in [-0.1, -0.05) is 18.7 Å². The second kappa shape index (κ2) is 8.11. The van der Waals surface area contributed by atoms with Crippen LogP contribution in [0.2, 0.25) is 0 Å². The Balaban J connectivity index is 2.88. The van der Waals surface area contributed by atoms with Gasteiger partial charge in [-0.05, 0) is 19.8 Å². The van der Waals surface area contributed by atoms with E-state index in [4.69, 9.17) is 9.47 Å². The zero-order valence-corrected chi connectivity index (χ0v) is 13.6. The van der Waals surface area contributed by atoms with Gasteiger partial charge in [-0.3, -0.25) is 4.79 Å². The summed E-state index contributed by atoms with van der Waals surface area (Å²) in [5.74, 6) is 0.0639. The van der Waals surface area contributed by atoms with E-state index >= 15 is 0 Å². The molecule has 0 bridgehead atoms. The van der Waals surface area contributed by atoms with Crippen molar-refractivity contribution in [1.29, 1.82) is 0 Å². The lowest BCUT2D eigenvalue weighted by molar-refractivity contribution is -0.109. The topological polar surface area (TPSA) is 76.2 Å². The van der Waals surface area contributed by atoms with E-state index in [2.05, 4.69) is 0 Å². The van der Waals surface area contributed by atoms with Crippen LogP contribution in [0, 0.1) is 5.92 Å². The highest BCUT2D eigenvalue weighted by atomic mass is 32.2. The van der Waals surface area contributed by atoms with E-state index in [1.165, 1.54) is 28.7 Å². The maximum atomic E-state index is 12.0. The summed E-state index contributed by atoms with van der Waals surface area (Å²) < 4.78 is 9.94. The fraction of sp³-hybridized carbons (Fsp3) is 0.769. The van der Waals surface area contributed by atoms with Crippen molar-refractivity contribution in [1.82, 2.24) is 10.0 Å². The molecule has 0 aromatic carbocycles. The molecule has 8 heteroatoms. The second-order valence-corrected chi connectivity index (χ2v) is 6.10. The van der Waals surface area contributed by atoms with Gasteiger partial charge in [0.05, 0.1) is 19.8 Å². The maximum absolute atomic E-state index is 12.0. The molecule has 2 amide bonds. The number of ether oxygens (including phenoxy) is 2. The molecule has 7 nitrogen and oxygen atoms in total. The largest absolute Gasteiger partial charge is 0.448 e. The van der Waals surface area contributed by atoms with Crippen LogP contribution in [-0.4, -0.2) is 58.9 Å². The minimum atomic E-state index is -0.605. The average Bonchev–Trinajstić information content (AvgIpc) is 2.40. The number of rotatable bonds is 3. The fourth-order valence-corrected chi connectivity index (χ4v) is 3.01. The van der Waals surface area contributed by atoms with Crippen molar-refractivity contribution < 1.29 is 23.9 Å². The Bertz CT molecular complexity index is 404. The van der Waals surface area contributed by atoms with Crippen LogP contribution >= 0.6 is 11.8 Å². The predicted molar refractivity (Wildman–Crippen MR) is 78.7 cm³/mol.